The predicted octanol–water partition coefficient (Wildman–Crippen LogP) is 1.60. The summed E-state index contributed by atoms with van der Waals surface area (Å²) in [5, 5.41) is 11.9. The van der Waals surface area contributed by atoms with Crippen molar-refractivity contribution in [2.75, 3.05) is 0 Å². The van der Waals surface area contributed by atoms with Crippen LogP contribution in [-0.2, 0) is 11.2 Å². The van der Waals surface area contributed by atoms with Crippen molar-refractivity contribution in [2.45, 2.75) is 31.7 Å². The quantitative estimate of drug-likeness (QED) is 0.830. The SMILES string of the molecule is O=C(Cc1ccccc1C(=O)O)NC1CCC1. The maximum Gasteiger partial charge on any atom is 0.335 e. The van der Waals surface area contributed by atoms with Gasteiger partial charge in [-0.25, -0.2) is 4.79 Å². The predicted molar refractivity (Wildman–Crippen MR) is 62.9 cm³/mol. The van der Waals surface area contributed by atoms with E-state index in [-0.39, 0.29) is 17.9 Å². The molecule has 0 saturated heterocycles. The first-order chi connectivity index (χ1) is 8.16. The zero-order chi connectivity index (χ0) is 12.3. The van der Waals surface area contributed by atoms with E-state index in [1.165, 1.54) is 6.07 Å². The first kappa shape index (κ1) is 11.6. The van der Waals surface area contributed by atoms with Gasteiger partial charge in [-0.1, -0.05) is 18.2 Å². The van der Waals surface area contributed by atoms with Gasteiger partial charge in [-0.15, -0.1) is 0 Å². The van der Waals surface area contributed by atoms with Gasteiger partial charge in [0.1, 0.15) is 0 Å². The Hall–Kier alpha value is -1.84. The van der Waals surface area contributed by atoms with Crippen LogP contribution >= 0.6 is 0 Å². The van der Waals surface area contributed by atoms with E-state index < -0.39 is 5.97 Å². The van der Waals surface area contributed by atoms with Crippen LogP contribution in [0.3, 0.4) is 0 Å². The van der Waals surface area contributed by atoms with E-state index in [1.54, 1.807) is 18.2 Å². The lowest BCUT2D eigenvalue weighted by atomic mass is 9.93. The highest BCUT2D eigenvalue weighted by Gasteiger charge is 2.20. The smallest absolute Gasteiger partial charge is 0.335 e. The van der Waals surface area contributed by atoms with Crippen LogP contribution in [-0.4, -0.2) is 23.0 Å². The Morgan fingerprint density at radius 1 is 1.29 bits per heavy atom. The fourth-order valence-electron chi connectivity index (χ4n) is 1.89. The average molecular weight is 233 g/mol. The van der Waals surface area contributed by atoms with E-state index in [0.29, 0.717) is 11.6 Å². The molecule has 1 aliphatic carbocycles. The standard InChI is InChI=1S/C13H15NO3/c15-12(14-10-5-3-6-10)8-9-4-1-2-7-11(9)13(16)17/h1-2,4,7,10H,3,5-6,8H2,(H,14,15)(H,16,17). The Morgan fingerprint density at radius 2 is 2.00 bits per heavy atom. The van der Waals surface area contributed by atoms with Crippen LogP contribution in [0.2, 0.25) is 0 Å². The highest BCUT2D eigenvalue weighted by Crippen LogP contribution is 2.18. The van der Waals surface area contributed by atoms with Gasteiger partial charge in [-0.2, -0.15) is 0 Å². The molecule has 0 aromatic heterocycles. The second kappa shape index (κ2) is 4.99. The van der Waals surface area contributed by atoms with Crippen molar-refractivity contribution in [1.29, 1.82) is 0 Å². The van der Waals surface area contributed by atoms with E-state index in [4.69, 9.17) is 5.11 Å². The van der Waals surface area contributed by atoms with Crippen molar-refractivity contribution in [2.24, 2.45) is 0 Å². The van der Waals surface area contributed by atoms with Crippen LogP contribution in [0.1, 0.15) is 35.2 Å². The second-order valence-electron chi connectivity index (χ2n) is 4.33. The monoisotopic (exact) mass is 233 g/mol. The van der Waals surface area contributed by atoms with Crippen molar-refractivity contribution < 1.29 is 14.7 Å². The van der Waals surface area contributed by atoms with Gasteiger partial charge in [-0.3, -0.25) is 4.79 Å². The summed E-state index contributed by atoms with van der Waals surface area (Å²) in [6.07, 6.45) is 3.37. The lowest BCUT2D eigenvalue weighted by Gasteiger charge is -2.26. The number of hydrogen-bond acceptors (Lipinski definition) is 2. The molecule has 0 radical (unpaired) electrons. The van der Waals surface area contributed by atoms with Gasteiger partial charge in [0.25, 0.3) is 0 Å². The normalized spacial score (nSPS) is 15.1. The molecule has 1 saturated carbocycles. The minimum atomic E-state index is -0.989. The number of carbonyl (C=O) groups excluding carboxylic acids is 1. The Bertz CT molecular complexity index is 438. The molecule has 2 rings (SSSR count). The van der Waals surface area contributed by atoms with Gasteiger partial charge >= 0.3 is 5.97 Å². The topological polar surface area (TPSA) is 66.4 Å². The summed E-state index contributed by atoms with van der Waals surface area (Å²) in [5.41, 5.74) is 0.771. The summed E-state index contributed by atoms with van der Waals surface area (Å²) >= 11 is 0. The van der Waals surface area contributed by atoms with E-state index in [0.717, 1.165) is 19.3 Å². The lowest BCUT2D eigenvalue weighted by molar-refractivity contribution is -0.121. The summed E-state index contributed by atoms with van der Waals surface area (Å²) < 4.78 is 0. The number of carbonyl (C=O) groups is 2. The second-order valence-corrected chi connectivity index (χ2v) is 4.33. The number of benzene rings is 1. The molecule has 17 heavy (non-hydrogen) atoms. The zero-order valence-electron chi connectivity index (χ0n) is 9.48. The van der Waals surface area contributed by atoms with Crippen molar-refractivity contribution >= 4 is 11.9 Å². The number of nitrogens with one attached hydrogen (secondary N) is 1. The van der Waals surface area contributed by atoms with Gasteiger partial charge in [0.15, 0.2) is 0 Å². The summed E-state index contributed by atoms with van der Waals surface area (Å²) in [7, 11) is 0. The highest BCUT2D eigenvalue weighted by atomic mass is 16.4. The number of amides is 1. The number of hydrogen-bond donors (Lipinski definition) is 2. The van der Waals surface area contributed by atoms with Crippen molar-refractivity contribution in [3.05, 3.63) is 35.4 Å². The van der Waals surface area contributed by atoms with Crippen molar-refractivity contribution in [3.63, 3.8) is 0 Å². The van der Waals surface area contributed by atoms with Gasteiger partial charge < -0.3 is 10.4 Å². The van der Waals surface area contributed by atoms with Gasteiger partial charge in [0, 0.05) is 6.04 Å². The third-order valence-corrected chi connectivity index (χ3v) is 3.07. The molecule has 1 aromatic rings. The zero-order valence-corrected chi connectivity index (χ0v) is 9.48. The van der Waals surface area contributed by atoms with Crippen molar-refractivity contribution in [3.8, 4) is 0 Å². The molecule has 0 atom stereocenters. The van der Waals surface area contributed by atoms with Crippen LogP contribution in [0.25, 0.3) is 0 Å². The summed E-state index contributed by atoms with van der Waals surface area (Å²) in [6.45, 7) is 0. The number of aromatic carboxylic acids is 1. The molecule has 1 aliphatic rings. The minimum Gasteiger partial charge on any atom is -0.478 e. The summed E-state index contributed by atoms with van der Waals surface area (Å²) in [5.74, 6) is -1.08. The van der Waals surface area contributed by atoms with Crippen LogP contribution in [0.15, 0.2) is 24.3 Å². The maximum absolute atomic E-state index is 11.7. The molecule has 0 spiro atoms. The molecule has 0 unspecified atom stereocenters. The Kier molecular flexibility index (Phi) is 3.42. The molecule has 4 heteroatoms. The molecule has 0 aliphatic heterocycles. The van der Waals surface area contributed by atoms with Crippen LogP contribution < -0.4 is 5.32 Å². The first-order valence-corrected chi connectivity index (χ1v) is 5.77. The molecular formula is C13H15NO3. The van der Waals surface area contributed by atoms with E-state index in [9.17, 15) is 9.59 Å². The fourth-order valence-corrected chi connectivity index (χ4v) is 1.89. The number of rotatable bonds is 4. The van der Waals surface area contributed by atoms with E-state index >= 15 is 0 Å². The molecule has 1 amide bonds. The summed E-state index contributed by atoms with van der Waals surface area (Å²) in [4.78, 5) is 22.6. The maximum atomic E-state index is 11.7. The summed E-state index contributed by atoms with van der Waals surface area (Å²) in [6, 6.07) is 6.91. The van der Waals surface area contributed by atoms with Crippen LogP contribution in [0.5, 0.6) is 0 Å². The molecule has 0 heterocycles. The Morgan fingerprint density at radius 3 is 2.59 bits per heavy atom. The molecule has 1 aromatic carbocycles. The third-order valence-electron chi connectivity index (χ3n) is 3.07. The number of carboxylic acids is 1. The molecule has 1 fully saturated rings. The van der Waals surface area contributed by atoms with Gasteiger partial charge in [-0.05, 0) is 30.9 Å². The first-order valence-electron chi connectivity index (χ1n) is 5.77. The van der Waals surface area contributed by atoms with Crippen LogP contribution in [0, 0.1) is 0 Å². The molecule has 4 nitrogen and oxygen atoms in total. The number of carboxylic acid groups (broad SMARTS) is 1. The minimum absolute atomic E-state index is 0.0941. The largest absolute Gasteiger partial charge is 0.478 e. The van der Waals surface area contributed by atoms with Gasteiger partial charge in [0.05, 0.1) is 12.0 Å². The van der Waals surface area contributed by atoms with Crippen LogP contribution in [0.4, 0.5) is 0 Å². The molecule has 2 N–H and O–H groups in total. The van der Waals surface area contributed by atoms with E-state index in [1.807, 2.05) is 0 Å². The van der Waals surface area contributed by atoms with Gasteiger partial charge in [0.2, 0.25) is 5.91 Å². The Labute approximate surface area is 99.6 Å². The van der Waals surface area contributed by atoms with Crippen molar-refractivity contribution in [1.82, 2.24) is 5.32 Å². The average Bonchev–Trinajstić information content (AvgIpc) is 2.24. The molecular weight excluding hydrogens is 218 g/mol. The molecule has 0 bridgehead atoms. The van der Waals surface area contributed by atoms with E-state index in [2.05, 4.69) is 5.32 Å². The molecule has 90 valence electrons. The Balaban J connectivity index is 2.01. The lowest BCUT2D eigenvalue weighted by Crippen LogP contribution is -2.40. The fraction of sp³-hybridized carbons (Fsp3) is 0.385. The highest BCUT2D eigenvalue weighted by molar-refractivity contribution is 5.91. The third kappa shape index (κ3) is 2.84.